The van der Waals surface area contributed by atoms with Crippen LogP contribution in [0.1, 0.15) is 31.5 Å². The van der Waals surface area contributed by atoms with Gasteiger partial charge in [0.15, 0.2) is 5.11 Å². The van der Waals surface area contributed by atoms with Crippen LogP contribution in [-0.2, 0) is 11.3 Å². The normalized spacial score (nSPS) is 13.8. The fourth-order valence-corrected chi connectivity index (χ4v) is 2.98. The van der Waals surface area contributed by atoms with E-state index in [0.717, 1.165) is 29.7 Å². The zero-order valence-corrected chi connectivity index (χ0v) is 15.4. The minimum atomic E-state index is -0.220. The number of nitrogens with one attached hydrogen (secondary N) is 3. The summed E-state index contributed by atoms with van der Waals surface area (Å²) in [5.74, 6) is 1.06. The third-order valence-electron chi connectivity index (χ3n) is 3.72. The molecule has 1 saturated carbocycles. The first-order valence-corrected chi connectivity index (χ1v) is 8.84. The molecule has 3 rings (SSSR count). The van der Waals surface area contributed by atoms with Gasteiger partial charge in [-0.2, -0.15) is 0 Å². The minimum absolute atomic E-state index is 0.127. The molecule has 0 aliphatic heterocycles. The minimum Gasteiger partial charge on any atom is -0.362 e. The second-order valence-electron chi connectivity index (χ2n) is 5.62. The summed E-state index contributed by atoms with van der Waals surface area (Å²) in [5.41, 5.74) is 6.80. The van der Waals surface area contributed by atoms with Crippen LogP contribution in [0.2, 0.25) is 10.0 Å². The maximum absolute atomic E-state index is 12.2. The van der Waals surface area contributed by atoms with Crippen LogP contribution in [0.4, 0.5) is 0 Å². The molecule has 0 atom stereocenters. The highest BCUT2D eigenvalue weighted by atomic mass is 35.5. The topological polar surface area (TPSA) is 71.0 Å². The standard InChI is InChI=1S/C15H17Cl2N5OS/c1-2-18-15(24)21-20-13(23)7-22-12-6-10(17)9(16)5-11(12)19-14(22)8-3-4-8/h5-6,8H,2-4,7H2,1H3,(H,20,23)(H2,18,21,24). The lowest BCUT2D eigenvalue weighted by molar-refractivity contribution is -0.122. The average Bonchev–Trinajstić information content (AvgIpc) is 3.32. The monoisotopic (exact) mass is 385 g/mol. The van der Waals surface area contributed by atoms with Crippen LogP contribution < -0.4 is 16.2 Å². The van der Waals surface area contributed by atoms with E-state index in [1.54, 1.807) is 12.1 Å². The molecule has 0 spiro atoms. The number of aromatic nitrogens is 2. The fourth-order valence-electron chi connectivity index (χ4n) is 2.47. The van der Waals surface area contributed by atoms with Gasteiger partial charge in [-0.05, 0) is 44.1 Å². The van der Waals surface area contributed by atoms with Crippen molar-refractivity contribution >= 4 is 57.5 Å². The number of carbonyl (C=O) groups excluding carboxylic acids is 1. The Morgan fingerprint density at radius 1 is 1.33 bits per heavy atom. The molecule has 1 fully saturated rings. The predicted octanol–water partition coefficient (Wildman–Crippen LogP) is 2.74. The lowest BCUT2D eigenvalue weighted by atomic mass is 10.3. The van der Waals surface area contributed by atoms with Crippen LogP contribution in [0.5, 0.6) is 0 Å². The van der Waals surface area contributed by atoms with E-state index in [1.807, 2.05) is 11.5 Å². The highest BCUT2D eigenvalue weighted by Crippen LogP contribution is 2.41. The zero-order valence-electron chi connectivity index (χ0n) is 13.0. The number of hydrogen-bond acceptors (Lipinski definition) is 3. The number of carbonyl (C=O) groups is 1. The Morgan fingerprint density at radius 2 is 2.04 bits per heavy atom. The molecule has 3 N–H and O–H groups in total. The Morgan fingerprint density at radius 3 is 2.71 bits per heavy atom. The largest absolute Gasteiger partial charge is 0.362 e. The molecule has 0 bridgehead atoms. The van der Waals surface area contributed by atoms with E-state index in [0.29, 0.717) is 27.6 Å². The van der Waals surface area contributed by atoms with Crippen LogP contribution in [0.3, 0.4) is 0 Å². The van der Waals surface area contributed by atoms with Gasteiger partial charge in [-0.3, -0.25) is 15.6 Å². The molecule has 1 amide bonds. The number of rotatable bonds is 4. The van der Waals surface area contributed by atoms with Crippen molar-refractivity contribution < 1.29 is 4.79 Å². The molecule has 9 heteroatoms. The highest BCUT2D eigenvalue weighted by Gasteiger charge is 2.30. The van der Waals surface area contributed by atoms with Gasteiger partial charge in [-0.15, -0.1) is 0 Å². The van der Waals surface area contributed by atoms with E-state index in [1.165, 1.54) is 0 Å². The third-order valence-corrected chi connectivity index (χ3v) is 4.69. The van der Waals surface area contributed by atoms with Crippen molar-refractivity contribution in [2.24, 2.45) is 0 Å². The van der Waals surface area contributed by atoms with Gasteiger partial charge in [0.2, 0.25) is 0 Å². The lowest BCUT2D eigenvalue weighted by Crippen LogP contribution is -2.47. The Labute approximate surface area is 154 Å². The molecule has 1 aromatic carbocycles. The van der Waals surface area contributed by atoms with Crippen molar-refractivity contribution in [1.82, 2.24) is 25.7 Å². The quantitative estimate of drug-likeness (QED) is 0.557. The number of fused-ring (bicyclic) bond motifs is 1. The first kappa shape index (κ1) is 17.3. The van der Waals surface area contributed by atoms with E-state index >= 15 is 0 Å². The second kappa shape index (κ2) is 7.13. The molecule has 2 aromatic rings. The Kier molecular flexibility index (Phi) is 5.12. The summed E-state index contributed by atoms with van der Waals surface area (Å²) in [7, 11) is 0. The number of benzene rings is 1. The van der Waals surface area contributed by atoms with Crippen molar-refractivity contribution in [2.45, 2.75) is 32.2 Å². The van der Waals surface area contributed by atoms with Crippen molar-refractivity contribution in [3.05, 3.63) is 28.0 Å². The van der Waals surface area contributed by atoms with Gasteiger partial charge < -0.3 is 9.88 Å². The summed E-state index contributed by atoms with van der Waals surface area (Å²) in [6.45, 7) is 2.73. The maximum Gasteiger partial charge on any atom is 0.258 e. The Balaban J connectivity index is 1.82. The highest BCUT2D eigenvalue weighted by molar-refractivity contribution is 7.80. The van der Waals surface area contributed by atoms with Gasteiger partial charge in [0.1, 0.15) is 12.4 Å². The molecule has 0 radical (unpaired) electrons. The van der Waals surface area contributed by atoms with Crippen LogP contribution in [-0.4, -0.2) is 27.1 Å². The van der Waals surface area contributed by atoms with Crippen molar-refractivity contribution in [3.63, 3.8) is 0 Å². The number of imidazole rings is 1. The summed E-state index contributed by atoms with van der Waals surface area (Å²) >= 11 is 17.2. The van der Waals surface area contributed by atoms with Crippen LogP contribution >= 0.6 is 35.4 Å². The van der Waals surface area contributed by atoms with E-state index in [4.69, 9.17) is 35.4 Å². The summed E-state index contributed by atoms with van der Waals surface area (Å²) < 4.78 is 1.89. The zero-order chi connectivity index (χ0) is 17.3. The molecule has 24 heavy (non-hydrogen) atoms. The molecular weight excluding hydrogens is 369 g/mol. The summed E-state index contributed by atoms with van der Waals surface area (Å²) in [6.07, 6.45) is 2.16. The third kappa shape index (κ3) is 3.74. The van der Waals surface area contributed by atoms with Gasteiger partial charge in [0.25, 0.3) is 5.91 Å². The number of halogens is 2. The van der Waals surface area contributed by atoms with Crippen LogP contribution in [0.25, 0.3) is 11.0 Å². The summed E-state index contributed by atoms with van der Waals surface area (Å²) in [5, 5.41) is 4.17. The first-order valence-electron chi connectivity index (χ1n) is 7.67. The predicted molar refractivity (Wildman–Crippen MR) is 99.3 cm³/mol. The number of amides is 1. The maximum atomic E-state index is 12.2. The molecule has 6 nitrogen and oxygen atoms in total. The van der Waals surface area contributed by atoms with Gasteiger partial charge in [0.05, 0.1) is 21.1 Å². The van der Waals surface area contributed by atoms with Gasteiger partial charge in [-0.25, -0.2) is 4.98 Å². The van der Waals surface area contributed by atoms with Crippen LogP contribution in [0.15, 0.2) is 12.1 Å². The smallest absolute Gasteiger partial charge is 0.258 e. The molecule has 1 heterocycles. The van der Waals surface area contributed by atoms with Crippen molar-refractivity contribution in [2.75, 3.05) is 6.54 Å². The molecular formula is C15H17Cl2N5OS. The number of hydrogen-bond donors (Lipinski definition) is 3. The SMILES string of the molecule is CCNC(=S)NNC(=O)Cn1c(C2CC2)nc2cc(Cl)c(Cl)cc21. The number of nitrogens with zero attached hydrogens (tertiary/aromatic N) is 2. The summed E-state index contributed by atoms with van der Waals surface area (Å²) in [4.78, 5) is 16.9. The second-order valence-corrected chi connectivity index (χ2v) is 6.84. The van der Waals surface area contributed by atoms with Gasteiger partial charge in [0, 0.05) is 12.5 Å². The summed E-state index contributed by atoms with van der Waals surface area (Å²) in [6, 6.07) is 3.49. The number of thiocarbonyl (C=S) groups is 1. The van der Waals surface area contributed by atoms with E-state index < -0.39 is 0 Å². The fraction of sp³-hybridized carbons (Fsp3) is 0.400. The first-order chi connectivity index (χ1) is 11.5. The molecule has 0 saturated heterocycles. The van der Waals surface area contributed by atoms with E-state index in [2.05, 4.69) is 21.2 Å². The number of hydrazine groups is 1. The van der Waals surface area contributed by atoms with Crippen molar-refractivity contribution in [1.29, 1.82) is 0 Å². The van der Waals surface area contributed by atoms with E-state index in [9.17, 15) is 4.79 Å². The molecule has 1 aliphatic rings. The molecule has 1 aliphatic carbocycles. The average molecular weight is 386 g/mol. The lowest BCUT2D eigenvalue weighted by Gasteiger charge is -2.12. The molecule has 128 valence electrons. The Bertz CT molecular complexity index is 803. The van der Waals surface area contributed by atoms with Gasteiger partial charge >= 0.3 is 0 Å². The molecule has 0 unspecified atom stereocenters. The van der Waals surface area contributed by atoms with Gasteiger partial charge in [-0.1, -0.05) is 23.2 Å². The Hall–Kier alpha value is -1.57. The van der Waals surface area contributed by atoms with Crippen molar-refractivity contribution in [3.8, 4) is 0 Å². The van der Waals surface area contributed by atoms with Crippen LogP contribution in [0, 0.1) is 0 Å². The molecule has 1 aromatic heterocycles. The van der Waals surface area contributed by atoms with E-state index in [-0.39, 0.29) is 12.5 Å².